The number of rotatable bonds is 6. The molecule has 0 bridgehead atoms. The molecule has 24 heavy (non-hydrogen) atoms. The normalized spacial score (nSPS) is 16.2. The fraction of sp³-hybridized carbons (Fsp3) is 0.579. The van der Waals surface area contributed by atoms with Crippen LogP contribution in [-0.4, -0.2) is 54.5 Å². The summed E-state index contributed by atoms with van der Waals surface area (Å²) in [6, 6.07) is 10.2. The minimum Gasteiger partial charge on any atom is -0.469 e. The van der Waals surface area contributed by atoms with Gasteiger partial charge in [0, 0.05) is 12.6 Å². The summed E-state index contributed by atoms with van der Waals surface area (Å²) in [5.41, 5.74) is 1.14. The van der Waals surface area contributed by atoms with E-state index in [1.165, 1.54) is 7.11 Å². The maximum Gasteiger partial charge on any atom is 0.308 e. The third kappa shape index (κ3) is 5.06. The van der Waals surface area contributed by atoms with Crippen LogP contribution in [0.15, 0.2) is 30.3 Å². The lowest BCUT2D eigenvalue weighted by atomic mass is 9.97. The summed E-state index contributed by atoms with van der Waals surface area (Å²) < 4.78 is 4.81. The van der Waals surface area contributed by atoms with E-state index in [1.807, 2.05) is 49.1 Å². The Kier molecular flexibility index (Phi) is 6.79. The molecule has 0 atom stereocenters. The van der Waals surface area contributed by atoms with E-state index in [4.69, 9.17) is 4.74 Å². The Hall–Kier alpha value is -1.88. The second-order valence-electron chi connectivity index (χ2n) is 6.67. The van der Waals surface area contributed by atoms with Gasteiger partial charge < -0.3 is 9.64 Å². The number of ether oxygens (including phenoxy) is 1. The molecule has 1 heterocycles. The predicted molar refractivity (Wildman–Crippen MR) is 93.3 cm³/mol. The largest absolute Gasteiger partial charge is 0.469 e. The van der Waals surface area contributed by atoms with Crippen LogP contribution in [0.4, 0.5) is 0 Å². The SMILES string of the molecule is COC(=O)C1CCN(CC(=O)N(Cc2ccccc2)C(C)C)CC1. The third-order valence-electron chi connectivity index (χ3n) is 4.62. The van der Waals surface area contributed by atoms with Crippen molar-refractivity contribution in [3.05, 3.63) is 35.9 Å². The van der Waals surface area contributed by atoms with Gasteiger partial charge in [-0.25, -0.2) is 0 Å². The van der Waals surface area contributed by atoms with E-state index in [1.54, 1.807) is 0 Å². The molecule has 0 spiro atoms. The van der Waals surface area contributed by atoms with Crippen molar-refractivity contribution in [3.8, 4) is 0 Å². The number of carbonyl (C=O) groups excluding carboxylic acids is 2. The molecule has 1 aromatic carbocycles. The molecule has 1 aliphatic heterocycles. The molecule has 0 saturated carbocycles. The maximum atomic E-state index is 12.7. The van der Waals surface area contributed by atoms with Gasteiger partial charge in [0.05, 0.1) is 19.6 Å². The minimum atomic E-state index is -0.131. The van der Waals surface area contributed by atoms with Crippen LogP contribution in [0.25, 0.3) is 0 Å². The summed E-state index contributed by atoms with van der Waals surface area (Å²) in [7, 11) is 1.43. The van der Waals surface area contributed by atoms with Crippen LogP contribution >= 0.6 is 0 Å². The van der Waals surface area contributed by atoms with Gasteiger partial charge in [-0.2, -0.15) is 0 Å². The standard InChI is InChI=1S/C19H28N2O3/c1-15(2)21(13-16-7-5-4-6-8-16)18(22)14-20-11-9-17(10-12-20)19(23)24-3/h4-8,15,17H,9-14H2,1-3H3. The number of nitrogens with zero attached hydrogens (tertiary/aromatic N) is 2. The predicted octanol–water partition coefficient (Wildman–Crippen LogP) is 2.31. The van der Waals surface area contributed by atoms with Crippen molar-refractivity contribution < 1.29 is 14.3 Å². The molecule has 5 heteroatoms. The van der Waals surface area contributed by atoms with E-state index in [0.29, 0.717) is 13.1 Å². The van der Waals surface area contributed by atoms with Crippen molar-refractivity contribution >= 4 is 11.9 Å². The zero-order valence-electron chi connectivity index (χ0n) is 14.9. The first-order valence-corrected chi connectivity index (χ1v) is 8.65. The fourth-order valence-electron chi connectivity index (χ4n) is 3.11. The smallest absolute Gasteiger partial charge is 0.308 e. The molecule has 0 unspecified atom stereocenters. The molecule has 132 valence electrons. The van der Waals surface area contributed by atoms with Crippen LogP contribution in [0.2, 0.25) is 0 Å². The van der Waals surface area contributed by atoms with Gasteiger partial charge in [0.2, 0.25) is 5.91 Å². The highest BCUT2D eigenvalue weighted by Gasteiger charge is 2.28. The molecule has 1 aromatic rings. The van der Waals surface area contributed by atoms with Gasteiger partial charge >= 0.3 is 5.97 Å². The van der Waals surface area contributed by atoms with Crippen LogP contribution in [0.1, 0.15) is 32.3 Å². The highest BCUT2D eigenvalue weighted by atomic mass is 16.5. The monoisotopic (exact) mass is 332 g/mol. The highest BCUT2D eigenvalue weighted by Crippen LogP contribution is 2.19. The number of likely N-dealkylation sites (tertiary alicyclic amines) is 1. The van der Waals surface area contributed by atoms with Gasteiger partial charge in [0.1, 0.15) is 0 Å². The summed E-state index contributed by atoms with van der Waals surface area (Å²) in [6.45, 7) is 6.68. The first-order valence-electron chi connectivity index (χ1n) is 8.65. The molecule has 1 saturated heterocycles. The Bertz CT molecular complexity index is 537. The number of benzene rings is 1. The number of methoxy groups -OCH3 is 1. The quantitative estimate of drug-likeness (QED) is 0.750. The van der Waals surface area contributed by atoms with Crippen LogP contribution in [0, 0.1) is 5.92 Å². The summed E-state index contributed by atoms with van der Waals surface area (Å²) in [5.74, 6) is -0.00824. The second kappa shape index (κ2) is 8.83. The Morgan fingerprint density at radius 3 is 2.38 bits per heavy atom. The molecule has 0 radical (unpaired) electrons. The second-order valence-corrected chi connectivity index (χ2v) is 6.67. The van der Waals surface area contributed by atoms with E-state index >= 15 is 0 Å². The fourth-order valence-corrected chi connectivity index (χ4v) is 3.11. The molecule has 0 aliphatic carbocycles. The highest BCUT2D eigenvalue weighted by molar-refractivity contribution is 5.78. The first-order chi connectivity index (χ1) is 11.5. The zero-order valence-corrected chi connectivity index (χ0v) is 14.9. The van der Waals surface area contributed by atoms with E-state index in [0.717, 1.165) is 31.5 Å². The van der Waals surface area contributed by atoms with Gasteiger partial charge in [0.25, 0.3) is 0 Å². The maximum absolute atomic E-state index is 12.7. The summed E-state index contributed by atoms with van der Waals surface area (Å²) >= 11 is 0. The zero-order chi connectivity index (χ0) is 17.5. The van der Waals surface area contributed by atoms with Crippen LogP contribution in [0.5, 0.6) is 0 Å². The van der Waals surface area contributed by atoms with Crippen molar-refractivity contribution in [2.24, 2.45) is 5.92 Å². The molecule has 1 amide bonds. The van der Waals surface area contributed by atoms with Crippen molar-refractivity contribution in [1.29, 1.82) is 0 Å². The molecule has 5 nitrogen and oxygen atoms in total. The van der Waals surface area contributed by atoms with Gasteiger partial charge in [0.15, 0.2) is 0 Å². The summed E-state index contributed by atoms with van der Waals surface area (Å²) in [6.07, 6.45) is 1.53. The Morgan fingerprint density at radius 1 is 1.21 bits per heavy atom. The van der Waals surface area contributed by atoms with E-state index in [2.05, 4.69) is 4.90 Å². The Labute approximate surface area is 144 Å². The lowest BCUT2D eigenvalue weighted by molar-refractivity contribution is -0.147. The number of amides is 1. The molecular weight excluding hydrogens is 304 g/mol. The Morgan fingerprint density at radius 2 is 1.83 bits per heavy atom. The average molecular weight is 332 g/mol. The number of piperidine rings is 1. The molecule has 0 aromatic heterocycles. The lowest BCUT2D eigenvalue weighted by Gasteiger charge is -2.33. The van der Waals surface area contributed by atoms with E-state index in [-0.39, 0.29) is 23.8 Å². The summed E-state index contributed by atoms with van der Waals surface area (Å²) in [5, 5.41) is 0. The number of carbonyl (C=O) groups is 2. The van der Waals surface area contributed by atoms with Crippen LogP contribution < -0.4 is 0 Å². The third-order valence-corrected chi connectivity index (χ3v) is 4.62. The first kappa shape index (κ1) is 18.5. The minimum absolute atomic E-state index is 0.0214. The van der Waals surface area contributed by atoms with Gasteiger partial charge in [-0.1, -0.05) is 30.3 Å². The van der Waals surface area contributed by atoms with Crippen LogP contribution in [0.3, 0.4) is 0 Å². The lowest BCUT2D eigenvalue weighted by Crippen LogP contribution is -2.46. The molecule has 2 rings (SSSR count). The van der Waals surface area contributed by atoms with E-state index < -0.39 is 0 Å². The topological polar surface area (TPSA) is 49.9 Å². The average Bonchev–Trinajstić information content (AvgIpc) is 2.60. The molecule has 1 aliphatic rings. The van der Waals surface area contributed by atoms with Crippen molar-refractivity contribution in [3.63, 3.8) is 0 Å². The Balaban J connectivity index is 1.88. The van der Waals surface area contributed by atoms with Gasteiger partial charge in [-0.05, 0) is 45.3 Å². The number of esters is 1. The summed E-state index contributed by atoms with van der Waals surface area (Å²) in [4.78, 5) is 28.4. The van der Waals surface area contributed by atoms with Gasteiger partial charge in [-0.3, -0.25) is 14.5 Å². The number of hydrogen-bond acceptors (Lipinski definition) is 4. The molecule has 1 fully saturated rings. The van der Waals surface area contributed by atoms with Gasteiger partial charge in [-0.15, -0.1) is 0 Å². The van der Waals surface area contributed by atoms with Crippen molar-refractivity contribution in [1.82, 2.24) is 9.80 Å². The number of hydrogen-bond donors (Lipinski definition) is 0. The molecule has 0 N–H and O–H groups in total. The van der Waals surface area contributed by atoms with Crippen molar-refractivity contribution in [2.75, 3.05) is 26.7 Å². The van der Waals surface area contributed by atoms with Crippen molar-refractivity contribution in [2.45, 2.75) is 39.3 Å². The molecular formula is C19H28N2O3. The van der Waals surface area contributed by atoms with E-state index in [9.17, 15) is 9.59 Å². The van der Waals surface area contributed by atoms with Crippen LogP contribution in [-0.2, 0) is 20.9 Å².